The van der Waals surface area contributed by atoms with Crippen LogP contribution in [-0.4, -0.2) is 9.55 Å². The maximum absolute atomic E-state index is 12.6. The molecule has 2 rings (SSSR count). The fraction of sp³-hybridized carbons (Fsp3) is 0.333. The van der Waals surface area contributed by atoms with Crippen LogP contribution in [0.15, 0.2) is 38.3 Å². The van der Waals surface area contributed by atoms with Gasteiger partial charge in [0, 0.05) is 4.47 Å². The van der Waals surface area contributed by atoms with Crippen LogP contribution in [0.5, 0.6) is 0 Å². The molecule has 1 atom stereocenters. The summed E-state index contributed by atoms with van der Waals surface area (Å²) >= 11 is 9.36. The van der Waals surface area contributed by atoms with Gasteiger partial charge in [-0.05, 0) is 30.5 Å². The number of aromatic nitrogens is 2. The third kappa shape index (κ3) is 3.14. The highest BCUT2D eigenvalue weighted by molar-refractivity contribution is 9.10. The molecule has 2 aromatic rings. The van der Waals surface area contributed by atoms with Crippen LogP contribution in [0.3, 0.4) is 0 Å². The maximum atomic E-state index is 12.6. The van der Waals surface area contributed by atoms with Crippen molar-refractivity contribution < 1.29 is 0 Å². The van der Waals surface area contributed by atoms with Crippen LogP contribution in [-0.2, 0) is 0 Å². The van der Waals surface area contributed by atoms with Gasteiger partial charge in [-0.1, -0.05) is 53.5 Å². The van der Waals surface area contributed by atoms with Gasteiger partial charge in [0.2, 0.25) is 0 Å². The Balaban J connectivity index is 2.63. The summed E-state index contributed by atoms with van der Waals surface area (Å²) in [7, 11) is 0. The van der Waals surface area contributed by atoms with Crippen LogP contribution >= 0.6 is 27.5 Å². The van der Waals surface area contributed by atoms with Crippen LogP contribution in [0.2, 0.25) is 5.15 Å². The van der Waals surface area contributed by atoms with Crippen molar-refractivity contribution in [2.24, 2.45) is 0 Å². The molecule has 1 unspecified atom stereocenters. The van der Waals surface area contributed by atoms with Gasteiger partial charge in [0.25, 0.3) is 5.56 Å². The third-order valence-electron chi connectivity index (χ3n) is 3.44. The third-order valence-corrected chi connectivity index (χ3v) is 4.26. The first kappa shape index (κ1) is 16.0. The average Bonchev–Trinajstić information content (AvgIpc) is 2.38. The molecule has 0 bridgehead atoms. The first-order valence-electron chi connectivity index (χ1n) is 6.62. The zero-order chi connectivity index (χ0) is 15.7. The predicted molar refractivity (Wildman–Crippen MR) is 88.4 cm³/mol. The number of benzene rings is 1. The van der Waals surface area contributed by atoms with Crippen molar-refractivity contribution in [2.75, 3.05) is 0 Å². The van der Waals surface area contributed by atoms with Gasteiger partial charge in [0.1, 0.15) is 5.15 Å². The number of halogens is 2. The van der Waals surface area contributed by atoms with Crippen LogP contribution in [0.25, 0.3) is 0 Å². The van der Waals surface area contributed by atoms with E-state index in [1.165, 1.54) is 4.57 Å². The molecular weight excluding hydrogens is 356 g/mol. The molecule has 0 fully saturated rings. The van der Waals surface area contributed by atoms with Crippen LogP contribution in [0, 0.1) is 0 Å². The van der Waals surface area contributed by atoms with Gasteiger partial charge in [-0.2, -0.15) is 0 Å². The molecule has 1 heterocycles. The highest BCUT2D eigenvalue weighted by Gasteiger charge is 2.19. The summed E-state index contributed by atoms with van der Waals surface area (Å²) in [6.45, 7) is 5.56. The van der Waals surface area contributed by atoms with Crippen molar-refractivity contribution in [3.8, 4) is 0 Å². The average molecular weight is 372 g/mol. The zero-order valence-corrected chi connectivity index (χ0v) is 14.3. The van der Waals surface area contributed by atoms with E-state index in [2.05, 4.69) is 20.9 Å². The summed E-state index contributed by atoms with van der Waals surface area (Å²) in [5.74, 6) is -0.0646. The fourth-order valence-corrected chi connectivity index (χ4v) is 2.92. The summed E-state index contributed by atoms with van der Waals surface area (Å²) < 4.78 is 2.16. The molecule has 1 N–H and O–H groups in total. The van der Waals surface area contributed by atoms with Crippen molar-refractivity contribution in [1.82, 2.24) is 9.55 Å². The second kappa shape index (κ2) is 6.20. The Hall–Kier alpha value is -1.33. The van der Waals surface area contributed by atoms with E-state index in [9.17, 15) is 9.59 Å². The first-order valence-corrected chi connectivity index (χ1v) is 7.79. The van der Waals surface area contributed by atoms with Crippen LogP contribution < -0.4 is 11.2 Å². The second-order valence-corrected chi connectivity index (χ2v) is 6.51. The van der Waals surface area contributed by atoms with E-state index >= 15 is 0 Å². The Morgan fingerprint density at radius 2 is 1.71 bits per heavy atom. The number of rotatable bonds is 3. The topological polar surface area (TPSA) is 54.9 Å². The zero-order valence-electron chi connectivity index (χ0n) is 12.0. The van der Waals surface area contributed by atoms with Crippen molar-refractivity contribution in [3.63, 3.8) is 0 Å². The number of nitrogens with zero attached hydrogens (tertiary/aromatic N) is 1. The number of H-pyrrole nitrogens is 1. The maximum Gasteiger partial charge on any atom is 0.330 e. The van der Waals surface area contributed by atoms with E-state index in [0.717, 1.165) is 10.0 Å². The standard InChI is InChI=1S/C15H16BrClN2O2/c1-8(2)12-13(17)18-15(21)19(14(12)20)9(3)10-4-6-11(16)7-5-10/h4-9H,1-3H3,(H,18,21). The molecule has 4 nitrogen and oxygen atoms in total. The molecule has 6 heteroatoms. The van der Waals surface area contributed by atoms with Crippen LogP contribution in [0.1, 0.15) is 43.9 Å². The second-order valence-electron chi connectivity index (χ2n) is 5.22. The largest absolute Gasteiger partial charge is 0.330 e. The lowest BCUT2D eigenvalue weighted by Crippen LogP contribution is -2.40. The van der Waals surface area contributed by atoms with E-state index in [-0.39, 0.29) is 22.7 Å². The van der Waals surface area contributed by atoms with Gasteiger partial charge in [-0.25, -0.2) is 4.79 Å². The minimum absolute atomic E-state index is 0.0646. The van der Waals surface area contributed by atoms with E-state index in [0.29, 0.717) is 5.56 Å². The highest BCUT2D eigenvalue weighted by Crippen LogP contribution is 2.21. The molecule has 0 radical (unpaired) electrons. The van der Waals surface area contributed by atoms with E-state index in [4.69, 9.17) is 11.6 Å². The summed E-state index contributed by atoms with van der Waals surface area (Å²) in [6.07, 6.45) is 0. The van der Waals surface area contributed by atoms with Gasteiger partial charge in [0.15, 0.2) is 0 Å². The van der Waals surface area contributed by atoms with E-state index in [1.54, 1.807) is 0 Å². The Bertz CT molecular complexity index is 763. The Kier molecular flexibility index (Phi) is 4.74. The molecule has 0 aliphatic rings. The molecule has 0 aliphatic carbocycles. The fourth-order valence-electron chi connectivity index (χ4n) is 2.28. The molecule has 1 aromatic carbocycles. The highest BCUT2D eigenvalue weighted by atomic mass is 79.9. The SMILES string of the molecule is CC(C)c1c(Cl)[nH]c(=O)n(C(C)c2ccc(Br)cc2)c1=O. The lowest BCUT2D eigenvalue weighted by molar-refractivity contribution is 0.566. The van der Waals surface area contributed by atoms with Crippen molar-refractivity contribution in [3.05, 3.63) is 65.9 Å². The van der Waals surface area contributed by atoms with Crippen molar-refractivity contribution in [2.45, 2.75) is 32.7 Å². The lowest BCUT2D eigenvalue weighted by Gasteiger charge is -2.17. The number of aromatic amines is 1. The predicted octanol–water partition coefficient (Wildman–Crippen LogP) is 3.69. The van der Waals surface area contributed by atoms with Gasteiger partial charge in [0.05, 0.1) is 11.6 Å². The molecule has 0 spiro atoms. The molecule has 0 amide bonds. The monoisotopic (exact) mass is 370 g/mol. The molecule has 0 saturated heterocycles. The molecule has 21 heavy (non-hydrogen) atoms. The number of hydrogen-bond acceptors (Lipinski definition) is 2. The molecule has 0 saturated carbocycles. The van der Waals surface area contributed by atoms with E-state index < -0.39 is 5.69 Å². The van der Waals surface area contributed by atoms with Gasteiger partial charge < -0.3 is 0 Å². The summed E-state index contributed by atoms with van der Waals surface area (Å²) in [6, 6.07) is 7.15. The summed E-state index contributed by atoms with van der Waals surface area (Å²) in [5.41, 5.74) is 0.474. The van der Waals surface area contributed by atoms with Gasteiger partial charge in [-0.15, -0.1) is 0 Å². The Morgan fingerprint density at radius 1 is 1.14 bits per heavy atom. The molecule has 112 valence electrons. The quantitative estimate of drug-likeness (QED) is 0.837. The molecule has 1 aromatic heterocycles. The Labute approximate surface area is 135 Å². The lowest BCUT2D eigenvalue weighted by atomic mass is 10.1. The molecule has 0 aliphatic heterocycles. The molecular formula is C15H16BrClN2O2. The number of nitrogens with one attached hydrogen (secondary N) is 1. The van der Waals surface area contributed by atoms with Crippen molar-refractivity contribution in [1.29, 1.82) is 0 Å². The first-order chi connectivity index (χ1) is 9.82. The minimum Gasteiger partial charge on any atom is -0.297 e. The van der Waals surface area contributed by atoms with E-state index in [1.807, 2.05) is 45.0 Å². The minimum atomic E-state index is -0.496. The number of hydrogen-bond donors (Lipinski definition) is 1. The smallest absolute Gasteiger partial charge is 0.297 e. The van der Waals surface area contributed by atoms with Crippen LogP contribution in [0.4, 0.5) is 0 Å². The van der Waals surface area contributed by atoms with Gasteiger partial charge >= 0.3 is 5.69 Å². The van der Waals surface area contributed by atoms with Crippen molar-refractivity contribution >= 4 is 27.5 Å². The summed E-state index contributed by atoms with van der Waals surface area (Å²) in [4.78, 5) is 27.3. The summed E-state index contributed by atoms with van der Waals surface area (Å²) in [5, 5.41) is 0.124. The van der Waals surface area contributed by atoms with Gasteiger partial charge in [-0.3, -0.25) is 14.3 Å². The normalized spacial score (nSPS) is 12.7. The Morgan fingerprint density at radius 3 is 2.24 bits per heavy atom.